The van der Waals surface area contributed by atoms with Crippen molar-refractivity contribution in [1.29, 1.82) is 0 Å². The summed E-state index contributed by atoms with van der Waals surface area (Å²) in [6.45, 7) is 2.39. The summed E-state index contributed by atoms with van der Waals surface area (Å²) in [5.74, 6) is 1.70. The Morgan fingerprint density at radius 1 is 0.879 bits per heavy atom. The highest BCUT2D eigenvalue weighted by Crippen LogP contribution is 2.29. The molecule has 0 saturated carbocycles. The van der Waals surface area contributed by atoms with Gasteiger partial charge in [0.15, 0.2) is 11.5 Å². The highest BCUT2D eigenvalue weighted by atomic mass is 32.2. The van der Waals surface area contributed by atoms with E-state index in [1.54, 1.807) is 25.3 Å². The molecule has 3 aromatic carbocycles. The third-order valence-electron chi connectivity index (χ3n) is 4.88. The maximum atomic E-state index is 12.7. The summed E-state index contributed by atoms with van der Waals surface area (Å²) < 4.78 is 46.9. The minimum absolute atomic E-state index is 0.0556. The van der Waals surface area contributed by atoms with E-state index in [-0.39, 0.29) is 10.6 Å². The van der Waals surface area contributed by atoms with Gasteiger partial charge in [-0.2, -0.15) is 18.4 Å². The largest absolute Gasteiger partial charge is 0.497 e. The molecule has 0 bridgehead atoms. The van der Waals surface area contributed by atoms with Crippen LogP contribution in [0.2, 0.25) is 0 Å². The van der Waals surface area contributed by atoms with Crippen LogP contribution in [0.25, 0.3) is 0 Å². The van der Waals surface area contributed by atoms with E-state index < -0.39 is 10.0 Å². The highest BCUT2D eigenvalue weighted by molar-refractivity contribution is 7.89. The average Bonchev–Trinajstić information content (AvgIpc) is 2.83. The lowest BCUT2D eigenvalue weighted by Crippen LogP contribution is -2.19. The minimum Gasteiger partial charge on any atom is -0.497 e. The molecule has 0 radical (unpaired) electrons. The molecule has 8 nitrogen and oxygen atoms in total. The molecule has 0 aliphatic rings. The van der Waals surface area contributed by atoms with Gasteiger partial charge in [0.05, 0.1) is 27.5 Å². The third kappa shape index (κ3) is 5.95. The van der Waals surface area contributed by atoms with Crippen LogP contribution in [0.3, 0.4) is 0 Å². The van der Waals surface area contributed by atoms with Crippen molar-refractivity contribution < 1.29 is 27.4 Å². The maximum absolute atomic E-state index is 12.7. The van der Waals surface area contributed by atoms with Crippen LogP contribution in [-0.4, -0.2) is 36.0 Å². The van der Waals surface area contributed by atoms with Crippen LogP contribution in [0.4, 0.5) is 0 Å². The molecule has 0 aliphatic carbocycles. The molecule has 0 heterocycles. The fourth-order valence-electron chi connectivity index (χ4n) is 3.03. The molecule has 9 heteroatoms. The molecule has 3 aromatic rings. The summed E-state index contributed by atoms with van der Waals surface area (Å²) >= 11 is 0. The van der Waals surface area contributed by atoms with Crippen LogP contribution in [0.5, 0.6) is 23.0 Å². The standard InChI is InChI=1S/C24H26N2O6S/c1-17-7-5-6-8-19(17)16-32-22-13-18(9-11-21(22)30-3)15-25-26-33(27,28)24-12-10-20(29-2)14-23(24)31-4/h5-15,26H,16H2,1-4H3/b25-15-. The van der Waals surface area contributed by atoms with Gasteiger partial charge in [0.1, 0.15) is 23.0 Å². The van der Waals surface area contributed by atoms with Crippen molar-refractivity contribution in [1.82, 2.24) is 4.83 Å². The van der Waals surface area contributed by atoms with Gasteiger partial charge < -0.3 is 18.9 Å². The molecule has 0 spiro atoms. The van der Waals surface area contributed by atoms with Gasteiger partial charge in [0, 0.05) is 6.07 Å². The molecule has 0 aliphatic heterocycles. The Bertz CT molecular complexity index is 1240. The van der Waals surface area contributed by atoms with E-state index in [2.05, 4.69) is 9.93 Å². The molecule has 0 atom stereocenters. The number of rotatable bonds is 10. The smallest absolute Gasteiger partial charge is 0.280 e. The summed E-state index contributed by atoms with van der Waals surface area (Å²) in [6, 6.07) is 17.5. The fourth-order valence-corrected chi connectivity index (χ4v) is 3.97. The van der Waals surface area contributed by atoms with Gasteiger partial charge >= 0.3 is 0 Å². The van der Waals surface area contributed by atoms with Crippen LogP contribution in [0, 0.1) is 6.92 Å². The first kappa shape index (κ1) is 23.9. The summed E-state index contributed by atoms with van der Waals surface area (Å²) in [5.41, 5.74) is 2.80. The summed E-state index contributed by atoms with van der Waals surface area (Å²) in [6.07, 6.45) is 1.38. The molecule has 174 valence electrons. The Kier molecular flexibility index (Phi) is 7.78. The van der Waals surface area contributed by atoms with Gasteiger partial charge in [-0.15, -0.1) is 0 Å². The number of hydrogen-bond donors (Lipinski definition) is 1. The zero-order chi connectivity index (χ0) is 23.8. The Hall–Kier alpha value is -3.72. The molecule has 0 aromatic heterocycles. The lowest BCUT2D eigenvalue weighted by Gasteiger charge is -2.13. The molecular formula is C24H26N2O6S. The summed E-state index contributed by atoms with van der Waals surface area (Å²) in [7, 11) is 0.466. The van der Waals surface area contributed by atoms with E-state index in [1.807, 2.05) is 31.2 Å². The first-order valence-corrected chi connectivity index (χ1v) is 11.5. The van der Waals surface area contributed by atoms with Gasteiger partial charge in [0.25, 0.3) is 10.0 Å². The summed E-state index contributed by atoms with van der Waals surface area (Å²) in [5, 5.41) is 3.89. The number of nitrogens with one attached hydrogen (secondary N) is 1. The number of ether oxygens (including phenoxy) is 4. The van der Waals surface area contributed by atoms with Crippen molar-refractivity contribution in [2.75, 3.05) is 21.3 Å². The number of nitrogens with zero attached hydrogens (tertiary/aromatic N) is 1. The monoisotopic (exact) mass is 470 g/mol. The topological polar surface area (TPSA) is 95.5 Å². The second kappa shape index (κ2) is 10.7. The normalized spacial score (nSPS) is 11.3. The van der Waals surface area contributed by atoms with Crippen LogP contribution >= 0.6 is 0 Å². The number of benzene rings is 3. The minimum atomic E-state index is -3.96. The third-order valence-corrected chi connectivity index (χ3v) is 6.14. The van der Waals surface area contributed by atoms with Gasteiger partial charge in [-0.25, -0.2) is 0 Å². The van der Waals surface area contributed by atoms with Gasteiger partial charge in [-0.05, 0) is 53.9 Å². The Morgan fingerprint density at radius 3 is 2.33 bits per heavy atom. The molecular weight excluding hydrogens is 444 g/mol. The van der Waals surface area contributed by atoms with Crippen LogP contribution in [0.15, 0.2) is 70.7 Å². The Morgan fingerprint density at radius 2 is 1.64 bits per heavy atom. The first-order valence-electron chi connectivity index (χ1n) is 10.00. The van der Waals surface area contributed by atoms with Crippen LogP contribution in [0.1, 0.15) is 16.7 Å². The van der Waals surface area contributed by atoms with Crippen molar-refractivity contribution in [2.45, 2.75) is 18.4 Å². The van der Waals surface area contributed by atoms with E-state index in [1.165, 1.54) is 38.6 Å². The number of sulfonamides is 1. The zero-order valence-corrected chi connectivity index (χ0v) is 19.7. The van der Waals surface area contributed by atoms with Crippen molar-refractivity contribution >= 4 is 16.2 Å². The van der Waals surface area contributed by atoms with Gasteiger partial charge in [0.2, 0.25) is 0 Å². The number of methoxy groups -OCH3 is 3. The molecule has 0 unspecified atom stereocenters. The lowest BCUT2D eigenvalue weighted by atomic mass is 10.1. The van der Waals surface area contributed by atoms with Crippen LogP contribution < -0.4 is 23.8 Å². The van der Waals surface area contributed by atoms with Crippen molar-refractivity contribution in [3.8, 4) is 23.0 Å². The number of hydrazone groups is 1. The second-order valence-electron chi connectivity index (χ2n) is 7.00. The van der Waals surface area contributed by atoms with Crippen LogP contribution in [-0.2, 0) is 16.6 Å². The molecule has 33 heavy (non-hydrogen) atoms. The van der Waals surface area contributed by atoms with E-state index in [4.69, 9.17) is 18.9 Å². The molecule has 1 N–H and O–H groups in total. The van der Waals surface area contributed by atoms with E-state index >= 15 is 0 Å². The average molecular weight is 471 g/mol. The Balaban J connectivity index is 1.76. The molecule has 3 rings (SSSR count). The van der Waals surface area contributed by atoms with Crippen molar-refractivity contribution in [2.24, 2.45) is 5.10 Å². The number of hydrogen-bond acceptors (Lipinski definition) is 7. The summed E-state index contributed by atoms with van der Waals surface area (Å²) in [4.78, 5) is 2.14. The predicted octanol–water partition coefficient (Wildman–Crippen LogP) is 3.91. The Labute approximate surface area is 193 Å². The maximum Gasteiger partial charge on any atom is 0.280 e. The van der Waals surface area contributed by atoms with E-state index in [0.29, 0.717) is 29.4 Å². The van der Waals surface area contributed by atoms with Gasteiger partial charge in [-0.1, -0.05) is 24.3 Å². The van der Waals surface area contributed by atoms with Crippen molar-refractivity contribution in [3.05, 3.63) is 77.4 Å². The van der Waals surface area contributed by atoms with E-state index in [0.717, 1.165) is 11.1 Å². The van der Waals surface area contributed by atoms with Crippen molar-refractivity contribution in [3.63, 3.8) is 0 Å². The molecule has 0 amide bonds. The lowest BCUT2D eigenvalue weighted by molar-refractivity contribution is 0.284. The predicted molar refractivity (Wildman–Crippen MR) is 126 cm³/mol. The molecule has 0 saturated heterocycles. The van der Waals surface area contributed by atoms with Gasteiger partial charge in [-0.3, -0.25) is 0 Å². The van der Waals surface area contributed by atoms with E-state index in [9.17, 15) is 8.42 Å². The second-order valence-corrected chi connectivity index (χ2v) is 8.62. The zero-order valence-electron chi connectivity index (χ0n) is 18.9. The fraction of sp³-hybridized carbons (Fsp3) is 0.208. The molecule has 0 fully saturated rings. The quantitative estimate of drug-likeness (QED) is 0.357. The SMILES string of the molecule is COc1ccc(S(=O)(=O)N/N=C\c2ccc(OC)c(OCc3ccccc3C)c2)c(OC)c1. The highest BCUT2D eigenvalue weighted by Gasteiger charge is 2.19. The number of aryl methyl sites for hydroxylation is 1. The first-order chi connectivity index (χ1) is 15.9.